The minimum Gasteiger partial charge on any atom is -0.396 e. The van der Waals surface area contributed by atoms with Crippen LogP contribution in [0.3, 0.4) is 0 Å². The lowest BCUT2D eigenvalue weighted by atomic mass is 9.70. The van der Waals surface area contributed by atoms with Crippen LogP contribution >= 0.6 is 27.7 Å². The standard InChI is InChI=1S/C31H42BrN3O4S/c1-4-7-11-18-33(16-5-2)30(39)27-31-21-23(32)26(40-31)24(25(31)29(38)35(27)19-12-13-20-36)28(37)34(17-6-3)22-14-9-8-10-15-22/h5-6,8-10,14-15,23-27,36H,2-4,7,11-13,16-21H2,1H3/t23?,24-,25+,26-,27?,31?/m1/s1. The third-order valence-electron chi connectivity index (χ3n) is 8.45. The third kappa shape index (κ3) is 5.66. The van der Waals surface area contributed by atoms with Gasteiger partial charge in [0.15, 0.2) is 0 Å². The van der Waals surface area contributed by atoms with Crippen LogP contribution in [0.15, 0.2) is 55.6 Å². The molecule has 0 aromatic heterocycles. The number of benzene rings is 1. The number of anilines is 1. The fourth-order valence-corrected chi connectivity index (χ4v) is 10.3. The number of carbonyl (C=O) groups is 3. The molecule has 218 valence electrons. The molecule has 0 radical (unpaired) electrons. The molecule has 40 heavy (non-hydrogen) atoms. The molecule has 0 aliphatic carbocycles. The van der Waals surface area contributed by atoms with Crippen LogP contribution in [-0.2, 0) is 14.4 Å². The van der Waals surface area contributed by atoms with Gasteiger partial charge >= 0.3 is 0 Å². The van der Waals surface area contributed by atoms with Gasteiger partial charge in [0.1, 0.15) is 6.04 Å². The van der Waals surface area contributed by atoms with Gasteiger partial charge in [-0.1, -0.05) is 66.0 Å². The van der Waals surface area contributed by atoms with Gasteiger partial charge in [-0.25, -0.2) is 0 Å². The Morgan fingerprint density at radius 3 is 2.50 bits per heavy atom. The van der Waals surface area contributed by atoms with E-state index in [9.17, 15) is 19.5 Å². The number of unbranched alkanes of at least 4 members (excludes halogenated alkanes) is 3. The van der Waals surface area contributed by atoms with Crippen LogP contribution in [0.2, 0.25) is 0 Å². The molecule has 3 aliphatic heterocycles. The Morgan fingerprint density at radius 1 is 1.12 bits per heavy atom. The fraction of sp³-hybridized carbons (Fsp3) is 0.581. The van der Waals surface area contributed by atoms with Gasteiger partial charge in [0, 0.05) is 48.6 Å². The van der Waals surface area contributed by atoms with Gasteiger partial charge in [-0.15, -0.1) is 24.9 Å². The number of aliphatic hydroxyl groups is 1. The summed E-state index contributed by atoms with van der Waals surface area (Å²) < 4.78 is -0.687. The highest BCUT2D eigenvalue weighted by Gasteiger charge is 2.76. The monoisotopic (exact) mass is 631 g/mol. The zero-order valence-corrected chi connectivity index (χ0v) is 25.8. The molecule has 2 bridgehead atoms. The van der Waals surface area contributed by atoms with Gasteiger partial charge in [-0.2, -0.15) is 0 Å². The van der Waals surface area contributed by atoms with Gasteiger partial charge in [0.05, 0.1) is 16.6 Å². The smallest absolute Gasteiger partial charge is 0.247 e. The first-order valence-electron chi connectivity index (χ1n) is 14.5. The molecule has 0 saturated carbocycles. The van der Waals surface area contributed by atoms with Crippen LogP contribution in [-0.4, -0.2) is 86.3 Å². The highest BCUT2D eigenvalue weighted by Crippen LogP contribution is 2.68. The largest absolute Gasteiger partial charge is 0.396 e. The number of hydrogen-bond donors (Lipinski definition) is 1. The van der Waals surface area contributed by atoms with Crippen molar-refractivity contribution in [2.24, 2.45) is 11.8 Å². The van der Waals surface area contributed by atoms with E-state index in [4.69, 9.17) is 0 Å². The van der Waals surface area contributed by atoms with E-state index < -0.39 is 22.6 Å². The maximum Gasteiger partial charge on any atom is 0.247 e. The second-order valence-corrected chi connectivity index (χ2v) is 13.7. The van der Waals surface area contributed by atoms with E-state index in [0.29, 0.717) is 45.4 Å². The summed E-state index contributed by atoms with van der Waals surface area (Å²) in [6.45, 7) is 11.7. The molecule has 1 spiro atoms. The van der Waals surface area contributed by atoms with Crippen molar-refractivity contribution in [3.63, 3.8) is 0 Å². The van der Waals surface area contributed by atoms with Crippen LogP contribution in [0.5, 0.6) is 0 Å². The Balaban J connectivity index is 1.73. The lowest BCUT2D eigenvalue weighted by molar-refractivity contribution is -0.142. The maximum atomic E-state index is 14.4. The molecule has 1 N–H and O–H groups in total. The maximum absolute atomic E-state index is 14.4. The molecule has 9 heteroatoms. The summed E-state index contributed by atoms with van der Waals surface area (Å²) in [5.74, 6) is -1.39. The molecule has 3 unspecified atom stereocenters. The SMILES string of the molecule is C=CCN(CCCCC)C(=O)C1N(CCCCO)C(=O)[C@@H]2[C@@H](C(=O)N(CC=C)c3ccccc3)[C@@H]3SC12CC3Br. The van der Waals surface area contributed by atoms with Crippen molar-refractivity contribution in [1.82, 2.24) is 9.80 Å². The molecular formula is C31H42BrN3O4S. The average molecular weight is 633 g/mol. The Bertz CT molecular complexity index is 1090. The number of alkyl halides is 1. The summed E-state index contributed by atoms with van der Waals surface area (Å²) in [5, 5.41) is 9.33. The number of hydrogen-bond acceptors (Lipinski definition) is 5. The van der Waals surface area contributed by atoms with E-state index in [0.717, 1.165) is 24.9 Å². The molecule has 1 aromatic carbocycles. The van der Waals surface area contributed by atoms with E-state index in [1.54, 1.807) is 33.7 Å². The van der Waals surface area contributed by atoms with Crippen molar-refractivity contribution in [2.45, 2.75) is 66.3 Å². The van der Waals surface area contributed by atoms with Crippen molar-refractivity contribution >= 4 is 51.1 Å². The lowest BCUT2D eigenvalue weighted by Gasteiger charge is -2.38. The number of carbonyl (C=O) groups excluding carboxylic acids is 3. The number of likely N-dealkylation sites (tertiary alicyclic amines) is 1. The number of nitrogens with zero attached hydrogens (tertiary/aromatic N) is 3. The number of para-hydroxylation sites is 1. The average Bonchev–Trinajstić information content (AvgIpc) is 3.54. The quantitative estimate of drug-likeness (QED) is 0.173. The second kappa shape index (κ2) is 13.7. The number of fused-ring (bicyclic) bond motifs is 1. The summed E-state index contributed by atoms with van der Waals surface area (Å²) >= 11 is 5.53. The topological polar surface area (TPSA) is 81.2 Å². The summed E-state index contributed by atoms with van der Waals surface area (Å²) in [4.78, 5) is 48.4. The zero-order valence-electron chi connectivity index (χ0n) is 23.4. The van der Waals surface area contributed by atoms with Gasteiger partial charge in [-0.05, 0) is 37.8 Å². The molecule has 3 saturated heterocycles. The molecule has 6 atom stereocenters. The lowest BCUT2D eigenvalue weighted by Crippen LogP contribution is -2.56. The van der Waals surface area contributed by atoms with Crippen LogP contribution in [0, 0.1) is 11.8 Å². The molecule has 4 rings (SSSR count). The highest BCUT2D eigenvalue weighted by molar-refractivity contribution is 9.09. The van der Waals surface area contributed by atoms with Crippen LogP contribution in [0.25, 0.3) is 0 Å². The molecule has 3 aliphatic rings. The van der Waals surface area contributed by atoms with Crippen molar-refractivity contribution in [1.29, 1.82) is 0 Å². The molecular weight excluding hydrogens is 590 g/mol. The summed E-state index contributed by atoms with van der Waals surface area (Å²) in [7, 11) is 0. The first-order valence-corrected chi connectivity index (χ1v) is 16.3. The molecule has 3 heterocycles. The van der Waals surface area contributed by atoms with E-state index in [-0.39, 0.29) is 34.4 Å². The summed E-state index contributed by atoms with van der Waals surface area (Å²) in [5.41, 5.74) is 0.770. The summed E-state index contributed by atoms with van der Waals surface area (Å²) in [6.07, 6.45) is 8.22. The van der Waals surface area contributed by atoms with Gasteiger partial charge in [0.2, 0.25) is 17.7 Å². The Morgan fingerprint density at radius 2 is 1.85 bits per heavy atom. The summed E-state index contributed by atoms with van der Waals surface area (Å²) in [6, 6.07) is 8.85. The Labute approximate surface area is 251 Å². The van der Waals surface area contributed by atoms with Crippen molar-refractivity contribution < 1.29 is 19.5 Å². The minimum atomic E-state index is -0.687. The Hall–Kier alpha value is -2.10. The van der Waals surface area contributed by atoms with E-state index in [2.05, 4.69) is 36.0 Å². The zero-order chi connectivity index (χ0) is 28.9. The fourth-order valence-electron chi connectivity index (χ4n) is 6.74. The first kappa shape index (κ1) is 30.8. The van der Waals surface area contributed by atoms with E-state index >= 15 is 0 Å². The predicted octanol–water partition coefficient (Wildman–Crippen LogP) is 4.65. The number of halogens is 1. The van der Waals surface area contributed by atoms with E-state index in [1.807, 2.05) is 35.2 Å². The van der Waals surface area contributed by atoms with E-state index in [1.165, 1.54) is 0 Å². The van der Waals surface area contributed by atoms with Crippen molar-refractivity contribution in [3.8, 4) is 0 Å². The van der Waals surface area contributed by atoms with Gasteiger partial charge in [-0.3, -0.25) is 14.4 Å². The normalized spacial score (nSPS) is 28.4. The number of aliphatic hydroxyl groups excluding tert-OH is 1. The third-order valence-corrected chi connectivity index (χ3v) is 11.7. The Kier molecular flexibility index (Phi) is 10.6. The molecule has 1 aromatic rings. The molecule has 7 nitrogen and oxygen atoms in total. The van der Waals surface area contributed by atoms with Crippen LogP contribution in [0.1, 0.15) is 45.4 Å². The van der Waals surface area contributed by atoms with Gasteiger partial charge < -0.3 is 19.8 Å². The number of rotatable bonds is 15. The predicted molar refractivity (Wildman–Crippen MR) is 166 cm³/mol. The second-order valence-electron chi connectivity index (χ2n) is 11.0. The molecule has 3 fully saturated rings. The minimum absolute atomic E-state index is 0.0116. The van der Waals surface area contributed by atoms with Crippen LogP contribution < -0.4 is 4.90 Å². The number of thioether (sulfide) groups is 1. The van der Waals surface area contributed by atoms with Crippen LogP contribution in [0.4, 0.5) is 5.69 Å². The highest BCUT2D eigenvalue weighted by atomic mass is 79.9. The number of amides is 3. The van der Waals surface area contributed by atoms with Crippen molar-refractivity contribution in [2.75, 3.05) is 37.7 Å². The van der Waals surface area contributed by atoms with Gasteiger partial charge in [0.25, 0.3) is 0 Å². The van der Waals surface area contributed by atoms with Crippen molar-refractivity contribution in [3.05, 3.63) is 55.6 Å². The molecule has 3 amide bonds. The first-order chi connectivity index (χ1) is 19.4.